The Balaban J connectivity index is 1.85. The summed E-state index contributed by atoms with van der Waals surface area (Å²) in [5.41, 5.74) is 0. The van der Waals surface area contributed by atoms with Crippen LogP contribution in [0.4, 0.5) is 0 Å². The van der Waals surface area contributed by atoms with E-state index < -0.39 is 0 Å². The van der Waals surface area contributed by atoms with Crippen LogP contribution >= 0.6 is 11.3 Å². The van der Waals surface area contributed by atoms with Gasteiger partial charge in [-0.2, -0.15) is 0 Å². The number of hydrogen-bond donors (Lipinski definition) is 1. The molecule has 1 aromatic heterocycles. The topological polar surface area (TPSA) is 24.5 Å². The summed E-state index contributed by atoms with van der Waals surface area (Å²) >= 11 is 1.84. The smallest absolute Gasteiger partial charge is 0.0620 e. The lowest BCUT2D eigenvalue weighted by molar-refractivity contribution is 0.0610. The molecule has 1 N–H and O–H groups in total. The molecule has 1 saturated heterocycles. The predicted octanol–water partition coefficient (Wildman–Crippen LogP) is 2.51. The summed E-state index contributed by atoms with van der Waals surface area (Å²) in [6.07, 6.45) is 1.15. The molecule has 0 radical (unpaired) electrons. The standard InChI is InChI=1S/C14H24N2OS/c1-11(9-13-10-17-7-6-15-13)16(3)12(2)14-5-4-8-18-14/h4-5,8,11-13,15H,6-7,9-10H2,1-3H3. The van der Waals surface area contributed by atoms with Crippen LogP contribution in [0.5, 0.6) is 0 Å². The van der Waals surface area contributed by atoms with Crippen LogP contribution in [0.2, 0.25) is 0 Å². The summed E-state index contributed by atoms with van der Waals surface area (Å²) in [4.78, 5) is 3.90. The Hall–Kier alpha value is -0.420. The van der Waals surface area contributed by atoms with Crippen molar-refractivity contribution in [2.24, 2.45) is 0 Å². The number of rotatable bonds is 5. The minimum atomic E-state index is 0.490. The fourth-order valence-electron chi connectivity index (χ4n) is 2.46. The largest absolute Gasteiger partial charge is 0.379 e. The number of thiophene rings is 1. The lowest BCUT2D eigenvalue weighted by Gasteiger charge is -2.34. The van der Waals surface area contributed by atoms with E-state index in [-0.39, 0.29) is 0 Å². The first-order chi connectivity index (χ1) is 8.68. The van der Waals surface area contributed by atoms with E-state index in [9.17, 15) is 0 Å². The van der Waals surface area contributed by atoms with Gasteiger partial charge in [-0.25, -0.2) is 0 Å². The summed E-state index contributed by atoms with van der Waals surface area (Å²) in [6.45, 7) is 7.28. The van der Waals surface area contributed by atoms with Crippen LogP contribution in [-0.4, -0.2) is 43.8 Å². The highest BCUT2D eigenvalue weighted by Crippen LogP contribution is 2.26. The van der Waals surface area contributed by atoms with Crippen LogP contribution in [0, 0.1) is 0 Å². The molecule has 1 aromatic rings. The average molecular weight is 268 g/mol. The first kappa shape index (κ1) is 14.0. The van der Waals surface area contributed by atoms with Crippen molar-refractivity contribution in [1.82, 2.24) is 10.2 Å². The van der Waals surface area contributed by atoms with E-state index in [1.165, 1.54) is 4.88 Å². The molecule has 4 heteroatoms. The molecule has 1 aliphatic rings. The van der Waals surface area contributed by atoms with Crippen molar-refractivity contribution in [3.05, 3.63) is 22.4 Å². The maximum absolute atomic E-state index is 5.52. The number of hydrogen-bond acceptors (Lipinski definition) is 4. The van der Waals surface area contributed by atoms with Crippen molar-refractivity contribution in [2.75, 3.05) is 26.8 Å². The number of nitrogens with zero attached hydrogens (tertiary/aromatic N) is 1. The van der Waals surface area contributed by atoms with E-state index in [0.717, 1.165) is 26.2 Å². The summed E-state index contributed by atoms with van der Waals surface area (Å²) in [7, 11) is 2.22. The van der Waals surface area contributed by atoms with E-state index in [0.29, 0.717) is 18.1 Å². The highest BCUT2D eigenvalue weighted by molar-refractivity contribution is 7.10. The second-order valence-electron chi connectivity index (χ2n) is 5.17. The predicted molar refractivity (Wildman–Crippen MR) is 77.2 cm³/mol. The lowest BCUT2D eigenvalue weighted by atomic mass is 10.1. The molecule has 0 saturated carbocycles. The van der Waals surface area contributed by atoms with Gasteiger partial charge in [0.2, 0.25) is 0 Å². The van der Waals surface area contributed by atoms with Gasteiger partial charge in [0, 0.05) is 29.5 Å². The highest BCUT2D eigenvalue weighted by atomic mass is 32.1. The Bertz CT molecular complexity index is 336. The molecular weight excluding hydrogens is 244 g/mol. The van der Waals surface area contributed by atoms with Crippen molar-refractivity contribution in [2.45, 2.75) is 38.4 Å². The third-order valence-electron chi connectivity index (χ3n) is 3.89. The summed E-state index contributed by atoms with van der Waals surface area (Å²) in [6, 6.07) is 5.91. The Morgan fingerprint density at radius 1 is 1.56 bits per heavy atom. The van der Waals surface area contributed by atoms with Crippen LogP contribution in [-0.2, 0) is 4.74 Å². The molecule has 3 unspecified atom stereocenters. The van der Waals surface area contributed by atoms with Crippen LogP contribution in [0.1, 0.15) is 31.2 Å². The van der Waals surface area contributed by atoms with Gasteiger partial charge in [-0.15, -0.1) is 11.3 Å². The normalized spacial score (nSPS) is 24.1. The van der Waals surface area contributed by atoms with Crippen molar-refractivity contribution < 1.29 is 4.74 Å². The van der Waals surface area contributed by atoms with Crippen LogP contribution < -0.4 is 5.32 Å². The van der Waals surface area contributed by atoms with Crippen LogP contribution in [0.25, 0.3) is 0 Å². The van der Waals surface area contributed by atoms with Crippen molar-refractivity contribution in [1.29, 1.82) is 0 Å². The van der Waals surface area contributed by atoms with E-state index in [2.05, 4.69) is 48.6 Å². The van der Waals surface area contributed by atoms with Gasteiger partial charge in [0.15, 0.2) is 0 Å². The third kappa shape index (κ3) is 3.54. The Morgan fingerprint density at radius 3 is 3.00 bits per heavy atom. The van der Waals surface area contributed by atoms with Gasteiger partial charge in [0.1, 0.15) is 0 Å². The molecule has 0 aromatic carbocycles. The fraction of sp³-hybridized carbons (Fsp3) is 0.714. The number of morpholine rings is 1. The summed E-state index contributed by atoms with van der Waals surface area (Å²) in [5, 5.41) is 5.68. The van der Waals surface area contributed by atoms with Gasteiger partial charge in [0.05, 0.1) is 13.2 Å². The van der Waals surface area contributed by atoms with Crippen LogP contribution in [0.15, 0.2) is 17.5 Å². The molecule has 0 spiro atoms. The maximum Gasteiger partial charge on any atom is 0.0620 e. The minimum Gasteiger partial charge on any atom is -0.379 e. The van der Waals surface area contributed by atoms with E-state index >= 15 is 0 Å². The lowest BCUT2D eigenvalue weighted by Crippen LogP contribution is -2.45. The zero-order chi connectivity index (χ0) is 13.0. The van der Waals surface area contributed by atoms with Crippen LogP contribution in [0.3, 0.4) is 0 Å². The molecule has 3 nitrogen and oxygen atoms in total. The molecule has 0 amide bonds. The fourth-order valence-corrected chi connectivity index (χ4v) is 3.30. The molecule has 2 heterocycles. The highest BCUT2D eigenvalue weighted by Gasteiger charge is 2.22. The molecule has 1 fully saturated rings. The minimum absolute atomic E-state index is 0.490. The first-order valence-electron chi connectivity index (χ1n) is 6.75. The molecule has 102 valence electrons. The Kier molecular flexibility index (Phi) is 5.18. The number of ether oxygens (including phenoxy) is 1. The second-order valence-corrected chi connectivity index (χ2v) is 6.15. The Labute approximate surface area is 114 Å². The van der Waals surface area contributed by atoms with Gasteiger partial charge in [0.25, 0.3) is 0 Å². The number of nitrogens with one attached hydrogen (secondary N) is 1. The van der Waals surface area contributed by atoms with Crippen molar-refractivity contribution >= 4 is 11.3 Å². The monoisotopic (exact) mass is 268 g/mol. The zero-order valence-electron chi connectivity index (χ0n) is 11.6. The molecular formula is C14H24N2OS. The second kappa shape index (κ2) is 6.66. The maximum atomic E-state index is 5.52. The summed E-state index contributed by atoms with van der Waals surface area (Å²) < 4.78 is 5.52. The third-order valence-corrected chi connectivity index (χ3v) is 4.93. The molecule has 18 heavy (non-hydrogen) atoms. The van der Waals surface area contributed by atoms with Gasteiger partial charge in [-0.05, 0) is 38.8 Å². The van der Waals surface area contributed by atoms with E-state index in [1.54, 1.807) is 0 Å². The van der Waals surface area contributed by atoms with Crippen molar-refractivity contribution in [3.8, 4) is 0 Å². The van der Waals surface area contributed by atoms with Crippen molar-refractivity contribution in [3.63, 3.8) is 0 Å². The molecule has 1 aliphatic heterocycles. The molecule has 3 atom stereocenters. The van der Waals surface area contributed by atoms with E-state index in [4.69, 9.17) is 4.74 Å². The molecule has 0 bridgehead atoms. The van der Waals surface area contributed by atoms with Gasteiger partial charge < -0.3 is 10.1 Å². The van der Waals surface area contributed by atoms with E-state index in [1.807, 2.05) is 11.3 Å². The first-order valence-corrected chi connectivity index (χ1v) is 7.63. The summed E-state index contributed by atoms with van der Waals surface area (Å²) in [5.74, 6) is 0. The quantitative estimate of drug-likeness (QED) is 0.888. The van der Waals surface area contributed by atoms with Gasteiger partial charge in [-0.3, -0.25) is 4.90 Å². The molecule has 0 aliphatic carbocycles. The zero-order valence-corrected chi connectivity index (χ0v) is 12.4. The SMILES string of the molecule is CC(CC1COCCN1)N(C)C(C)c1cccs1. The average Bonchev–Trinajstić information content (AvgIpc) is 2.92. The van der Waals surface area contributed by atoms with Gasteiger partial charge >= 0.3 is 0 Å². The molecule has 2 rings (SSSR count). The Morgan fingerprint density at radius 2 is 2.39 bits per heavy atom. The van der Waals surface area contributed by atoms with Gasteiger partial charge in [-0.1, -0.05) is 6.07 Å².